The lowest BCUT2D eigenvalue weighted by molar-refractivity contribution is -0.114. The van der Waals surface area contributed by atoms with E-state index in [9.17, 15) is 9.59 Å². The summed E-state index contributed by atoms with van der Waals surface area (Å²) < 4.78 is 5.29. The Balaban J connectivity index is 1.88. The average molecular weight is 312 g/mol. The van der Waals surface area contributed by atoms with Crippen LogP contribution in [-0.4, -0.2) is 25.5 Å². The van der Waals surface area contributed by atoms with E-state index in [-0.39, 0.29) is 11.8 Å². The van der Waals surface area contributed by atoms with Gasteiger partial charge >= 0.3 is 0 Å². The summed E-state index contributed by atoms with van der Waals surface area (Å²) in [6.07, 6.45) is 0.694. The molecule has 0 aliphatic carbocycles. The van der Waals surface area contributed by atoms with Crippen LogP contribution in [0.2, 0.25) is 0 Å². The Labute approximate surface area is 135 Å². The third-order valence-electron chi connectivity index (χ3n) is 3.34. The molecule has 0 heterocycles. The number of rotatable bonds is 6. The molecular formula is C18H20N2O3. The molecule has 0 saturated heterocycles. The zero-order valence-electron chi connectivity index (χ0n) is 13.3. The van der Waals surface area contributed by atoms with Crippen molar-refractivity contribution in [2.75, 3.05) is 19.0 Å². The number of hydrogen-bond acceptors (Lipinski definition) is 3. The van der Waals surface area contributed by atoms with Crippen LogP contribution in [0, 0.1) is 0 Å². The Hall–Kier alpha value is -2.82. The van der Waals surface area contributed by atoms with Crippen molar-refractivity contribution in [3.63, 3.8) is 0 Å². The van der Waals surface area contributed by atoms with Crippen molar-refractivity contribution in [3.05, 3.63) is 59.7 Å². The first-order chi connectivity index (χ1) is 11.1. The van der Waals surface area contributed by atoms with Gasteiger partial charge < -0.3 is 15.4 Å². The highest BCUT2D eigenvalue weighted by Crippen LogP contribution is 2.17. The lowest BCUT2D eigenvalue weighted by atomic mass is 10.1. The van der Waals surface area contributed by atoms with Gasteiger partial charge in [-0.25, -0.2) is 0 Å². The van der Waals surface area contributed by atoms with Crippen molar-refractivity contribution in [2.24, 2.45) is 0 Å². The molecule has 23 heavy (non-hydrogen) atoms. The maximum absolute atomic E-state index is 12.1. The van der Waals surface area contributed by atoms with Gasteiger partial charge in [0.05, 0.1) is 7.11 Å². The molecule has 2 aromatic carbocycles. The van der Waals surface area contributed by atoms with E-state index in [4.69, 9.17) is 4.74 Å². The topological polar surface area (TPSA) is 67.4 Å². The lowest BCUT2D eigenvalue weighted by Gasteiger charge is -2.09. The minimum atomic E-state index is -0.144. The lowest BCUT2D eigenvalue weighted by Crippen LogP contribution is -2.25. The quantitative estimate of drug-likeness (QED) is 0.861. The number of anilines is 1. The van der Waals surface area contributed by atoms with Crippen LogP contribution in [-0.2, 0) is 11.2 Å². The van der Waals surface area contributed by atoms with Crippen LogP contribution in [0.1, 0.15) is 22.8 Å². The molecule has 5 nitrogen and oxygen atoms in total. The average Bonchev–Trinajstić information content (AvgIpc) is 2.55. The Bertz CT molecular complexity index is 681. The molecule has 0 aromatic heterocycles. The molecule has 120 valence electrons. The van der Waals surface area contributed by atoms with Crippen molar-refractivity contribution in [1.82, 2.24) is 5.32 Å². The summed E-state index contributed by atoms with van der Waals surface area (Å²) >= 11 is 0. The molecule has 0 radical (unpaired) electrons. The number of benzene rings is 2. The molecule has 5 heteroatoms. The van der Waals surface area contributed by atoms with Crippen LogP contribution in [0.5, 0.6) is 5.75 Å². The fourth-order valence-electron chi connectivity index (χ4n) is 2.23. The zero-order chi connectivity index (χ0) is 16.7. The Morgan fingerprint density at radius 1 is 1.04 bits per heavy atom. The highest BCUT2D eigenvalue weighted by atomic mass is 16.5. The molecule has 0 bridgehead atoms. The van der Waals surface area contributed by atoms with Gasteiger partial charge in [-0.1, -0.05) is 18.2 Å². The number of para-hydroxylation sites is 1. The number of methoxy groups -OCH3 is 1. The number of carbonyl (C=O) groups is 2. The minimum absolute atomic E-state index is 0.140. The highest BCUT2D eigenvalue weighted by molar-refractivity contribution is 5.95. The molecule has 0 aliphatic heterocycles. The third kappa shape index (κ3) is 4.85. The van der Waals surface area contributed by atoms with E-state index in [1.165, 1.54) is 6.92 Å². The number of amides is 2. The fraction of sp³-hybridized carbons (Fsp3) is 0.222. The molecule has 2 N–H and O–H groups in total. The number of hydrogen-bond donors (Lipinski definition) is 2. The van der Waals surface area contributed by atoms with Crippen LogP contribution in [0.15, 0.2) is 48.5 Å². The van der Waals surface area contributed by atoms with Gasteiger partial charge in [0.2, 0.25) is 5.91 Å². The molecule has 2 amide bonds. The molecule has 0 atom stereocenters. The largest absolute Gasteiger partial charge is 0.496 e. The molecule has 0 unspecified atom stereocenters. The van der Waals surface area contributed by atoms with Crippen molar-refractivity contribution in [3.8, 4) is 5.75 Å². The van der Waals surface area contributed by atoms with E-state index in [2.05, 4.69) is 10.6 Å². The minimum Gasteiger partial charge on any atom is -0.496 e. The summed E-state index contributed by atoms with van der Waals surface area (Å²) in [7, 11) is 1.63. The predicted molar refractivity (Wildman–Crippen MR) is 89.8 cm³/mol. The van der Waals surface area contributed by atoms with E-state index in [1.54, 1.807) is 31.4 Å². The Morgan fingerprint density at radius 3 is 2.39 bits per heavy atom. The van der Waals surface area contributed by atoms with Gasteiger partial charge in [-0.15, -0.1) is 0 Å². The van der Waals surface area contributed by atoms with Gasteiger partial charge in [0.15, 0.2) is 0 Å². The zero-order valence-corrected chi connectivity index (χ0v) is 13.3. The second kappa shape index (κ2) is 7.98. The number of ether oxygens (including phenoxy) is 1. The SMILES string of the molecule is COc1ccccc1CCNC(=O)c1ccc(NC(C)=O)cc1. The van der Waals surface area contributed by atoms with E-state index in [1.807, 2.05) is 24.3 Å². The molecule has 0 spiro atoms. The second-order valence-corrected chi connectivity index (χ2v) is 5.08. The fourth-order valence-corrected chi connectivity index (χ4v) is 2.23. The summed E-state index contributed by atoms with van der Waals surface area (Å²) in [4.78, 5) is 23.1. The van der Waals surface area contributed by atoms with E-state index < -0.39 is 0 Å². The predicted octanol–water partition coefficient (Wildman–Crippen LogP) is 2.63. The maximum atomic E-state index is 12.1. The smallest absolute Gasteiger partial charge is 0.251 e. The normalized spacial score (nSPS) is 10.0. The van der Waals surface area contributed by atoms with E-state index in [0.29, 0.717) is 24.2 Å². The standard InChI is InChI=1S/C18H20N2O3/c1-13(21)20-16-9-7-15(8-10-16)18(22)19-12-11-14-5-3-4-6-17(14)23-2/h3-10H,11-12H2,1-2H3,(H,19,22)(H,20,21). The molecule has 2 rings (SSSR count). The summed E-state index contributed by atoms with van der Waals surface area (Å²) in [6, 6.07) is 14.5. The van der Waals surface area contributed by atoms with Crippen molar-refractivity contribution in [2.45, 2.75) is 13.3 Å². The van der Waals surface area contributed by atoms with Crippen LogP contribution < -0.4 is 15.4 Å². The van der Waals surface area contributed by atoms with Crippen molar-refractivity contribution < 1.29 is 14.3 Å². The van der Waals surface area contributed by atoms with E-state index >= 15 is 0 Å². The summed E-state index contributed by atoms with van der Waals surface area (Å²) in [5.41, 5.74) is 2.28. The first-order valence-corrected chi connectivity index (χ1v) is 7.38. The summed E-state index contributed by atoms with van der Waals surface area (Å²) in [5.74, 6) is 0.537. The molecule has 2 aromatic rings. The van der Waals surface area contributed by atoms with Gasteiger partial charge in [-0.05, 0) is 42.3 Å². The van der Waals surface area contributed by atoms with Gasteiger partial charge in [0.25, 0.3) is 5.91 Å². The third-order valence-corrected chi connectivity index (χ3v) is 3.34. The summed E-state index contributed by atoms with van der Waals surface area (Å²) in [5, 5.41) is 5.54. The van der Waals surface area contributed by atoms with E-state index in [0.717, 1.165) is 11.3 Å². The number of carbonyl (C=O) groups excluding carboxylic acids is 2. The monoisotopic (exact) mass is 312 g/mol. The first-order valence-electron chi connectivity index (χ1n) is 7.38. The number of nitrogens with one attached hydrogen (secondary N) is 2. The highest BCUT2D eigenvalue weighted by Gasteiger charge is 2.06. The second-order valence-electron chi connectivity index (χ2n) is 5.08. The maximum Gasteiger partial charge on any atom is 0.251 e. The molecule has 0 fully saturated rings. The Kier molecular flexibility index (Phi) is 5.74. The van der Waals surface area contributed by atoms with Crippen LogP contribution in [0.3, 0.4) is 0 Å². The van der Waals surface area contributed by atoms with Crippen LogP contribution in [0.4, 0.5) is 5.69 Å². The van der Waals surface area contributed by atoms with Crippen molar-refractivity contribution in [1.29, 1.82) is 0 Å². The van der Waals surface area contributed by atoms with Gasteiger partial charge in [-0.3, -0.25) is 9.59 Å². The Morgan fingerprint density at radius 2 is 1.74 bits per heavy atom. The molecule has 0 saturated carbocycles. The van der Waals surface area contributed by atoms with Crippen molar-refractivity contribution >= 4 is 17.5 Å². The molecule has 0 aliphatic rings. The van der Waals surface area contributed by atoms with Crippen LogP contribution >= 0.6 is 0 Å². The van der Waals surface area contributed by atoms with Gasteiger partial charge in [0.1, 0.15) is 5.75 Å². The van der Waals surface area contributed by atoms with Gasteiger partial charge in [-0.2, -0.15) is 0 Å². The molecular weight excluding hydrogens is 292 g/mol. The summed E-state index contributed by atoms with van der Waals surface area (Å²) in [6.45, 7) is 1.96. The van der Waals surface area contributed by atoms with Gasteiger partial charge in [0, 0.05) is 24.7 Å². The van der Waals surface area contributed by atoms with Crippen LogP contribution in [0.25, 0.3) is 0 Å². The first kappa shape index (κ1) is 16.5.